The van der Waals surface area contributed by atoms with Crippen molar-refractivity contribution >= 4 is 17.6 Å². The average molecular weight is 421 g/mol. The normalized spacial score (nSPS) is 21.0. The van der Waals surface area contributed by atoms with E-state index in [1.165, 1.54) is 12.5 Å². The number of hydrogen-bond donors (Lipinski definition) is 4. The summed E-state index contributed by atoms with van der Waals surface area (Å²) >= 11 is 0. The van der Waals surface area contributed by atoms with Gasteiger partial charge in [0.15, 0.2) is 6.04 Å². The van der Waals surface area contributed by atoms with E-state index in [2.05, 4.69) is 29.0 Å². The van der Waals surface area contributed by atoms with Crippen LogP contribution in [0.5, 0.6) is 0 Å². The minimum Gasteiger partial charge on any atom is -0.480 e. The Hall–Kier alpha value is -2.19. The Labute approximate surface area is 179 Å². The first kappa shape index (κ1) is 24.1. The molecule has 1 unspecified atom stereocenters. The third kappa shape index (κ3) is 6.95. The zero-order chi connectivity index (χ0) is 22.1. The van der Waals surface area contributed by atoms with Gasteiger partial charge in [0.05, 0.1) is 5.60 Å². The second kappa shape index (κ2) is 11.3. The number of nitrogens with one attached hydrogen (secondary N) is 2. The van der Waals surface area contributed by atoms with Crippen LogP contribution in [0.15, 0.2) is 29.0 Å². The topological polar surface area (TPSA) is 114 Å². The van der Waals surface area contributed by atoms with Gasteiger partial charge >= 0.3 is 5.97 Å². The molecule has 0 spiro atoms. The first-order chi connectivity index (χ1) is 14.2. The summed E-state index contributed by atoms with van der Waals surface area (Å²) in [6.45, 7) is 10.3. The average Bonchev–Trinajstić information content (AvgIpc) is 2.71. The van der Waals surface area contributed by atoms with Crippen molar-refractivity contribution in [2.45, 2.75) is 70.4 Å². The number of carbonyl (C=O) groups excluding carboxylic acids is 1. The van der Waals surface area contributed by atoms with E-state index in [4.69, 9.17) is 4.99 Å². The predicted molar refractivity (Wildman–Crippen MR) is 117 cm³/mol. The highest BCUT2D eigenvalue weighted by Gasteiger charge is 2.44. The summed E-state index contributed by atoms with van der Waals surface area (Å²) in [5.74, 6) is -0.666. The molecule has 2 heterocycles. The Balaban J connectivity index is 1.77. The number of allylic oxidation sites excluding steroid dienone is 2. The van der Waals surface area contributed by atoms with Crippen molar-refractivity contribution < 1.29 is 19.8 Å². The molecular formula is C22H36N4O4. The molecule has 8 heteroatoms. The lowest BCUT2D eigenvalue weighted by Crippen LogP contribution is -2.60. The molecule has 2 rings (SSSR count). The quantitative estimate of drug-likeness (QED) is 0.317. The Morgan fingerprint density at radius 1 is 1.37 bits per heavy atom. The van der Waals surface area contributed by atoms with E-state index in [9.17, 15) is 19.8 Å². The molecule has 0 radical (unpaired) electrons. The van der Waals surface area contributed by atoms with Crippen molar-refractivity contribution in [3.05, 3.63) is 24.0 Å². The highest BCUT2D eigenvalue weighted by Crippen LogP contribution is 2.26. The second-order valence-electron chi connectivity index (χ2n) is 8.34. The highest BCUT2D eigenvalue weighted by molar-refractivity contribution is 5.95. The first-order valence-corrected chi connectivity index (χ1v) is 10.8. The number of carboxylic acids is 1. The summed E-state index contributed by atoms with van der Waals surface area (Å²) in [7, 11) is 0. The molecule has 0 aromatic rings. The Morgan fingerprint density at radius 3 is 2.63 bits per heavy atom. The molecule has 2 aliphatic heterocycles. The van der Waals surface area contributed by atoms with Crippen LogP contribution in [0.3, 0.4) is 0 Å². The molecule has 8 nitrogen and oxygen atoms in total. The van der Waals surface area contributed by atoms with Gasteiger partial charge < -0.3 is 25.7 Å². The molecule has 0 aromatic heterocycles. The molecule has 0 bridgehead atoms. The molecule has 0 saturated carbocycles. The number of amides is 1. The highest BCUT2D eigenvalue weighted by atomic mass is 16.4. The molecule has 30 heavy (non-hydrogen) atoms. The maximum absolute atomic E-state index is 11.5. The number of aliphatic imine (C=N–C) groups is 1. The molecule has 4 N–H and O–H groups in total. The zero-order valence-electron chi connectivity index (χ0n) is 18.2. The van der Waals surface area contributed by atoms with Crippen LogP contribution in [-0.4, -0.2) is 70.5 Å². The van der Waals surface area contributed by atoms with Crippen molar-refractivity contribution in [1.29, 1.82) is 0 Å². The summed E-state index contributed by atoms with van der Waals surface area (Å²) in [6, 6.07) is -1.27. The number of hydrogen-bond acceptors (Lipinski definition) is 6. The smallest absolute Gasteiger partial charge is 0.329 e. The van der Waals surface area contributed by atoms with E-state index >= 15 is 0 Å². The molecule has 1 saturated heterocycles. The first-order valence-electron chi connectivity index (χ1n) is 10.8. The van der Waals surface area contributed by atoms with E-state index in [-0.39, 0.29) is 0 Å². The van der Waals surface area contributed by atoms with Gasteiger partial charge in [-0.1, -0.05) is 6.58 Å². The number of likely N-dealkylation sites (tertiary alicyclic amines) is 1. The Kier molecular flexibility index (Phi) is 9.05. The van der Waals surface area contributed by atoms with Crippen LogP contribution in [0.4, 0.5) is 0 Å². The molecule has 1 atom stereocenters. The van der Waals surface area contributed by atoms with Crippen molar-refractivity contribution in [2.75, 3.05) is 26.2 Å². The summed E-state index contributed by atoms with van der Waals surface area (Å²) < 4.78 is 0. The van der Waals surface area contributed by atoms with Gasteiger partial charge in [-0.05, 0) is 70.1 Å². The maximum atomic E-state index is 11.5. The minimum absolute atomic E-state index is 0.322. The van der Waals surface area contributed by atoms with Gasteiger partial charge in [-0.2, -0.15) is 0 Å². The van der Waals surface area contributed by atoms with Crippen molar-refractivity contribution in [1.82, 2.24) is 15.5 Å². The molecule has 1 amide bonds. The van der Waals surface area contributed by atoms with E-state index in [0.29, 0.717) is 25.9 Å². The Bertz CT molecular complexity index is 693. The number of piperidine rings is 1. The number of aliphatic hydroxyl groups is 1. The van der Waals surface area contributed by atoms with Gasteiger partial charge in [0.25, 0.3) is 0 Å². The second-order valence-corrected chi connectivity index (χ2v) is 8.34. The lowest BCUT2D eigenvalue weighted by molar-refractivity contribution is -0.153. The predicted octanol–water partition coefficient (Wildman–Crippen LogP) is 1.81. The lowest BCUT2D eigenvalue weighted by Gasteiger charge is -2.41. The van der Waals surface area contributed by atoms with Crippen molar-refractivity contribution in [3.63, 3.8) is 0 Å². The lowest BCUT2D eigenvalue weighted by atomic mass is 9.84. The number of carbonyl (C=O) groups is 2. The van der Waals surface area contributed by atoms with Crippen LogP contribution in [0.1, 0.15) is 58.8 Å². The Morgan fingerprint density at radius 2 is 2.07 bits per heavy atom. The van der Waals surface area contributed by atoms with Gasteiger partial charge in [-0.25, -0.2) is 9.79 Å². The van der Waals surface area contributed by atoms with Gasteiger partial charge in [0, 0.05) is 32.3 Å². The maximum Gasteiger partial charge on any atom is 0.329 e. The van der Waals surface area contributed by atoms with Gasteiger partial charge in [0.1, 0.15) is 5.82 Å². The van der Waals surface area contributed by atoms with Gasteiger partial charge in [-0.15, -0.1) is 0 Å². The number of unbranched alkanes of at least 4 members (excludes halogenated alkanes) is 1. The van der Waals surface area contributed by atoms with Gasteiger partial charge in [0.2, 0.25) is 5.91 Å². The fourth-order valence-corrected chi connectivity index (χ4v) is 4.04. The number of aliphatic carboxylic acids is 1. The molecule has 0 aliphatic carbocycles. The summed E-state index contributed by atoms with van der Waals surface area (Å²) in [4.78, 5) is 29.7. The van der Waals surface area contributed by atoms with Crippen molar-refractivity contribution in [3.8, 4) is 0 Å². The van der Waals surface area contributed by atoms with Gasteiger partial charge in [-0.3, -0.25) is 4.79 Å². The van der Waals surface area contributed by atoms with Crippen LogP contribution in [-0.2, 0) is 9.59 Å². The summed E-state index contributed by atoms with van der Waals surface area (Å²) in [5.41, 5.74) is 0.876. The van der Waals surface area contributed by atoms with Crippen LogP contribution in [0.25, 0.3) is 0 Å². The molecular weight excluding hydrogens is 384 g/mol. The monoisotopic (exact) mass is 420 g/mol. The van der Waals surface area contributed by atoms with Crippen molar-refractivity contribution in [2.24, 2.45) is 4.99 Å². The standard InChI is InChI=1S/C22H36N4O4/c1-4-18(25-20-16(2)8-7-12-23-20)9-5-6-13-26-14-10-22(30,11-15-26)19(21(28)29)24-17(3)27/h4,19,23,30H,1,5-15H2,2-3H3,(H,24,27)(H,28,29). The van der Waals surface area contributed by atoms with E-state index in [1.54, 1.807) is 0 Å². The zero-order valence-corrected chi connectivity index (χ0v) is 18.2. The third-order valence-corrected chi connectivity index (χ3v) is 5.93. The summed E-state index contributed by atoms with van der Waals surface area (Å²) in [6.07, 6.45) is 7.55. The third-order valence-electron chi connectivity index (χ3n) is 5.93. The number of carboxylic acid groups (broad SMARTS) is 1. The van der Waals surface area contributed by atoms with Crippen LogP contribution < -0.4 is 10.6 Å². The fraction of sp³-hybridized carbons (Fsp3) is 0.682. The SMILES string of the molecule is C=CC(CCCCN1CCC(O)(C(NC(C)=O)C(=O)O)CC1)=NC1=C(C)CCCN1. The molecule has 168 valence electrons. The molecule has 2 aliphatic rings. The van der Waals surface area contributed by atoms with Crippen LogP contribution in [0, 0.1) is 0 Å². The summed E-state index contributed by atoms with van der Waals surface area (Å²) in [5, 5.41) is 25.9. The largest absolute Gasteiger partial charge is 0.480 e. The van der Waals surface area contributed by atoms with Crippen LogP contribution in [0.2, 0.25) is 0 Å². The van der Waals surface area contributed by atoms with E-state index in [0.717, 1.165) is 56.7 Å². The molecule has 0 aromatic carbocycles. The number of rotatable bonds is 10. The molecule has 1 fully saturated rings. The fourth-order valence-electron chi connectivity index (χ4n) is 4.04. The van der Waals surface area contributed by atoms with Crippen LogP contribution >= 0.6 is 0 Å². The van der Waals surface area contributed by atoms with E-state index in [1.807, 2.05) is 6.08 Å². The van der Waals surface area contributed by atoms with E-state index < -0.39 is 23.5 Å². The minimum atomic E-state index is -1.41. The number of nitrogens with zero attached hydrogens (tertiary/aromatic N) is 2.